The number of anilines is 1. The van der Waals surface area contributed by atoms with Crippen molar-refractivity contribution >= 4 is 23.2 Å². The standard InChI is InChI=1S/C15H15N3O3/c1-10(14-4-3-9-21-14)17-18-15(20)12-5-7-13(8-6-12)16-11(2)19/h3-9H,1-2H3,(H,16,19)(H,18,20). The Morgan fingerprint density at radius 3 is 2.38 bits per heavy atom. The topological polar surface area (TPSA) is 83.7 Å². The van der Waals surface area contributed by atoms with Crippen molar-refractivity contribution in [2.45, 2.75) is 13.8 Å². The fraction of sp³-hybridized carbons (Fsp3) is 0.133. The summed E-state index contributed by atoms with van der Waals surface area (Å²) < 4.78 is 5.16. The molecule has 2 amide bonds. The summed E-state index contributed by atoms with van der Waals surface area (Å²) in [5, 5.41) is 6.60. The lowest BCUT2D eigenvalue weighted by Crippen LogP contribution is -2.19. The molecule has 0 radical (unpaired) electrons. The molecule has 0 aliphatic carbocycles. The number of amides is 2. The summed E-state index contributed by atoms with van der Waals surface area (Å²) >= 11 is 0. The highest BCUT2D eigenvalue weighted by molar-refractivity contribution is 5.99. The van der Waals surface area contributed by atoms with Crippen LogP contribution in [0, 0.1) is 0 Å². The minimum Gasteiger partial charge on any atom is -0.463 e. The smallest absolute Gasteiger partial charge is 0.271 e. The molecule has 1 heterocycles. The molecule has 0 aliphatic heterocycles. The molecule has 6 heteroatoms. The third kappa shape index (κ3) is 4.04. The Kier molecular flexibility index (Phi) is 4.50. The van der Waals surface area contributed by atoms with Gasteiger partial charge in [-0.15, -0.1) is 0 Å². The molecule has 21 heavy (non-hydrogen) atoms. The number of carbonyl (C=O) groups is 2. The van der Waals surface area contributed by atoms with Crippen LogP contribution in [0.4, 0.5) is 5.69 Å². The Morgan fingerprint density at radius 2 is 1.81 bits per heavy atom. The zero-order valence-corrected chi connectivity index (χ0v) is 11.7. The molecule has 0 saturated heterocycles. The van der Waals surface area contributed by atoms with Crippen molar-refractivity contribution < 1.29 is 14.0 Å². The minimum atomic E-state index is -0.338. The quantitative estimate of drug-likeness (QED) is 0.668. The number of benzene rings is 1. The average molecular weight is 285 g/mol. The molecule has 0 aliphatic rings. The number of carbonyl (C=O) groups excluding carboxylic acids is 2. The lowest BCUT2D eigenvalue weighted by molar-refractivity contribution is -0.114. The number of nitrogens with zero attached hydrogens (tertiary/aromatic N) is 1. The average Bonchev–Trinajstić information content (AvgIpc) is 2.99. The molecule has 1 aromatic heterocycles. The van der Waals surface area contributed by atoms with E-state index in [4.69, 9.17) is 4.42 Å². The maximum atomic E-state index is 11.9. The predicted molar refractivity (Wildman–Crippen MR) is 79.1 cm³/mol. The summed E-state index contributed by atoms with van der Waals surface area (Å²) in [4.78, 5) is 22.8. The predicted octanol–water partition coefficient (Wildman–Crippen LogP) is 2.39. The van der Waals surface area contributed by atoms with E-state index in [0.717, 1.165) is 0 Å². The van der Waals surface area contributed by atoms with Crippen molar-refractivity contribution in [3.05, 3.63) is 54.0 Å². The lowest BCUT2D eigenvalue weighted by Gasteiger charge is -2.04. The normalized spacial score (nSPS) is 11.0. The maximum absolute atomic E-state index is 11.9. The van der Waals surface area contributed by atoms with Gasteiger partial charge in [0.05, 0.1) is 6.26 Å². The van der Waals surface area contributed by atoms with Crippen molar-refractivity contribution in [3.63, 3.8) is 0 Å². The summed E-state index contributed by atoms with van der Waals surface area (Å²) in [5.74, 6) is 0.0949. The van der Waals surface area contributed by atoms with E-state index in [9.17, 15) is 9.59 Å². The number of hydrogen-bond donors (Lipinski definition) is 2. The van der Waals surface area contributed by atoms with Gasteiger partial charge in [-0.1, -0.05) is 0 Å². The van der Waals surface area contributed by atoms with E-state index in [1.165, 1.54) is 13.2 Å². The van der Waals surface area contributed by atoms with Gasteiger partial charge in [0.25, 0.3) is 5.91 Å². The van der Waals surface area contributed by atoms with Crippen molar-refractivity contribution in [2.24, 2.45) is 5.10 Å². The van der Waals surface area contributed by atoms with E-state index in [2.05, 4.69) is 15.8 Å². The van der Waals surface area contributed by atoms with Crippen LogP contribution in [-0.4, -0.2) is 17.5 Å². The van der Waals surface area contributed by atoms with Gasteiger partial charge >= 0.3 is 0 Å². The Bertz CT molecular complexity index is 658. The summed E-state index contributed by atoms with van der Waals surface area (Å²) in [5.41, 5.74) is 4.10. The zero-order valence-electron chi connectivity index (χ0n) is 11.7. The van der Waals surface area contributed by atoms with Crippen molar-refractivity contribution in [1.82, 2.24) is 5.43 Å². The van der Waals surface area contributed by atoms with Gasteiger partial charge < -0.3 is 9.73 Å². The Hall–Kier alpha value is -2.89. The van der Waals surface area contributed by atoms with Gasteiger partial charge in [-0.3, -0.25) is 9.59 Å². The van der Waals surface area contributed by atoms with Gasteiger partial charge in [0.15, 0.2) is 0 Å². The molecule has 0 bridgehead atoms. The molecule has 0 unspecified atom stereocenters. The number of hydrazone groups is 1. The number of hydrogen-bond acceptors (Lipinski definition) is 4. The van der Waals surface area contributed by atoms with Crippen LogP contribution >= 0.6 is 0 Å². The highest BCUT2D eigenvalue weighted by Crippen LogP contribution is 2.09. The van der Waals surface area contributed by atoms with E-state index >= 15 is 0 Å². The fourth-order valence-corrected chi connectivity index (χ4v) is 1.65. The number of rotatable bonds is 4. The molecular weight excluding hydrogens is 270 g/mol. The Morgan fingerprint density at radius 1 is 1.10 bits per heavy atom. The molecule has 6 nitrogen and oxygen atoms in total. The van der Waals surface area contributed by atoms with E-state index in [0.29, 0.717) is 22.7 Å². The van der Waals surface area contributed by atoms with Crippen LogP contribution in [0.5, 0.6) is 0 Å². The molecule has 2 aromatic rings. The van der Waals surface area contributed by atoms with Gasteiger partial charge in [-0.05, 0) is 43.3 Å². The van der Waals surface area contributed by atoms with Gasteiger partial charge in [0.1, 0.15) is 11.5 Å². The minimum absolute atomic E-state index is 0.161. The Labute approximate surface area is 121 Å². The third-order valence-electron chi connectivity index (χ3n) is 2.67. The van der Waals surface area contributed by atoms with Crippen molar-refractivity contribution in [3.8, 4) is 0 Å². The molecule has 2 N–H and O–H groups in total. The first kappa shape index (κ1) is 14.5. The monoisotopic (exact) mass is 285 g/mol. The first-order valence-electron chi connectivity index (χ1n) is 6.32. The molecule has 0 atom stereocenters. The highest BCUT2D eigenvalue weighted by atomic mass is 16.3. The lowest BCUT2D eigenvalue weighted by atomic mass is 10.2. The summed E-state index contributed by atoms with van der Waals surface area (Å²) in [7, 11) is 0. The molecule has 0 spiro atoms. The molecule has 2 rings (SSSR count). The van der Waals surface area contributed by atoms with Crippen LogP contribution in [0.3, 0.4) is 0 Å². The maximum Gasteiger partial charge on any atom is 0.271 e. The molecular formula is C15H15N3O3. The second-order valence-corrected chi connectivity index (χ2v) is 4.37. The van der Waals surface area contributed by atoms with Crippen molar-refractivity contribution in [1.29, 1.82) is 0 Å². The third-order valence-corrected chi connectivity index (χ3v) is 2.67. The van der Waals surface area contributed by atoms with Gasteiger partial charge in [0, 0.05) is 18.2 Å². The summed E-state index contributed by atoms with van der Waals surface area (Å²) in [6.07, 6.45) is 1.54. The second kappa shape index (κ2) is 6.51. The van der Waals surface area contributed by atoms with Crippen LogP contribution in [0.25, 0.3) is 0 Å². The molecule has 0 saturated carbocycles. The summed E-state index contributed by atoms with van der Waals surface area (Å²) in [6.45, 7) is 3.16. The first-order valence-corrected chi connectivity index (χ1v) is 6.32. The van der Waals surface area contributed by atoms with E-state index < -0.39 is 0 Å². The first-order chi connectivity index (χ1) is 10.1. The van der Waals surface area contributed by atoms with E-state index in [-0.39, 0.29) is 11.8 Å². The van der Waals surface area contributed by atoms with Crippen molar-refractivity contribution in [2.75, 3.05) is 5.32 Å². The van der Waals surface area contributed by atoms with Crippen LogP contribution in [0.2, 0.25) is 0 Å². The largest absolute Gasteiger partial charge is 0.463 e. The van der Waals surface area contributed by atoms with E-state index in [1.54, 1.807) is 43.3 Å². The number of nitrogens with one attached hydrogen (secondary N) is 2. The van der Waals surface area contributed by atoms with E-state index in [1.807, 2.05) is 0 Å². The van der Waals surface area contributed by atoms with Crippen LogP contribution in [-0.2, 0) is 4.79 Å². The number of furan rings is 1. The van der Waals surface area contributed by atoms with Gasteiger partial charge in [-0.2, -0.15) is 5.10 Å². The second-order valence-electron chi connectivity index (χ2n) is 4.37. The molecule has 108 valence electrons. The summed E-state index contributed by atoms with van der Waals surface area (Å²) in [6, 6.07) is 10.0. The molecule has 1 aromatic carbocycles. The van der Waals surface area contributed by atoms with Gasteiger partial charge in [-0.25, -0.2) is 5.43 Å². The van der Waals surface area contributed by atoms with Gasteiger partial charge in [0.2, 0.25) is 5.91 Å². The van der Waals surface area contributed by atoms with Crippen LogP contribution < -0.4 is 10.7 Å². The Balaban J connectivity index is 2.00. The van der Waals surface area contributed by atoms with Crippen LogP contribution in [0.1, 0.15) is 30.0 Å². The zero-order chi connectivity index (χ0) is 15.2. The fourth-order valence-electron chi connectivity index (χ4n) is 1.65. The SMILES string of the molecule is CC(=O)Nc1ccc(C(=O)NN=C(C)c2ccco2)cc1. The molecule has 0 fully saturated rings. The highest BCUT2D eigenvalue weighted by Gasteiger charge is 2.06. The van der Waals surface area contributed by atoms with Crippen LogP contribution in [0.15, 0.2) is 52.2 Å².